The van der Waals surface area contributed by atoms with Crippen molar-refractivity contribution in [3.8, 4) is 0 Å². The highest BCUT2D eigenvalue weighted by molar-refractivity contribution is 6.03. The maximum absolute atomic E-state index is 13.6. The number of rotatable bonds is 4. The summed E-state index contributed by atoms with van der Waals surface area (Å²) in [6, 6.07) is 3.80. The number of anilines is 1. The van der Waals surface area contributed by atoms with Crippen molar-refractivity contribution in [3.63, 3.8) is 0 Å². The smallest absolute Gasteiger partial charge is 0.241 e. The van der Waals surface area contributed by atoms with Gasteiger partial charge in [-0.05, 0) is 24.1 Å². The molecule has 0 saturated heterocycles. The van der Waals surface area contributed by atoms with Crippen molar-refractivity contribution >= 4 is 22.4 Å². The molecule has 1 amide bonds. The molecule has 20 heavy (non-hydrogen) atoms. The molecule has 106 valence electrons. The van der Waals surface area contributed by atoms with Crippen LogP contribution in [0.2, 0.25) is 0 Å². The topological polar surface area (TPSA) is 68.0 Å². The minimum atomic E-state index is -0.611. The average molecular weight is 275 g/mol. The van der Waals surface area contributed by atoms with Gasteiger partial charge < -0.3 is 11.1 Å². The number of carbonyl (C=O) groups is 1. The molecule has 0 aliphatic carbocycles. The molecule has 2 rings (SSSR count). The summed E-state index contributed by atoms with van der Waals surface area (Å²) < 4.78 is 13.6. The fourth-order valence-corrected chi connectivity index (χ4v) is 2.00. The first-order chi connectivity index (χ1) is 9.52. The third-order valence-corrected chi connectivity index (χ3v) is 3.54. The monoisotopic (exact) mass is 275 g/mol. The summed E-state index contributed by atoms with van der Waals surface area (Å²) in [6.07, 6.45) is 3.97. The zero-order valence-electron chi connectivity index (χ0n) is 11.6. The second kappa shape index (κ2) is 5.96. The molecule has 1 heterocycles. The summed E-state index contributed by atoms with van der Waals surface area (Å²) >= 11 is 0. The summed E-state index contributed by atoms with van der Waals surface area (Å²) in [7, 11) is 0. The number of nitrogens with zero attached hydrogens (tertiary/aromatic N) is 1. The van der Waals surface area contributed by atoms with E-state index in [-0.39, 0.29) is 11.8 Å². The molecule has 0 saturated carbocycles. The van der Waals surface area contributed by atoms with E-state index in [0.29, 0.717) is 11.1 Å². The van der Waals surface area contributed by atoms with E-state index in [0.717, 1.165) is 11.8 Å². The normalized spacial score (nSPS) is 14.0. The summed E-state index contributed by atoms with van der Waals surface area (Å²) in [6.45, 7) is 3.89. The number of hydrogen-bond donors (Lipinski definition) is 2. The van der Waals surface area contributed by atoms with Crippen LogP contribution in [-0.2, 0) is 4.79 Å². The van der Waals surface area contributed by atoms with E-state index in [9.17, 15) is 9.18 Å². The standard InChI is InChI=1S/C15H18FN3O/c1-3-9(2)14(17)15(20)19-13-7-11(16)6-10-8-18-5-4-12(10)13/h4-9,14H,3,17H2,1-2H3,(H,19,20)/t9?,14-/m0/s1. The van der Waals surface area contributed by atoms with E-state index < -0.39 is 11.9 Å². The van der Waals surface area contributed by atoms with Crippen LogP contribution in [0.3, 0.4) is 0 Å². The fraction of sp³-hybridized carbons (Fsp3) is 0.333. The number of hydrogen-bond acceptors (Lipinski definition) is 3. The molecule has 4 nitrogen and oxygen atoms in total. The summed E-state index contributed by atoms with van der Waals surface area (Å²) in [5, 5.41) is 4.09. The fourth-order valence-electron chi connectivity index (χ4n) is 2.00. The van der Waals surface area contributed by atoms with Gasteiger partial charge in [0.05, 0.1) is 11.7 Å². The Morgan fingerprint density at radius 2 is 2.25 bits per heavy atom. The molecular formula is C15H18FN3O. The molecule has 0 bridgehead atoms. The van der Waals surface area contributed by atoms with Gasteiger partial charge in [-0.25, -0.2) is 4.39 Å². The average Bonchev–Trinajstić information content (AvgIpc) is 2.45. The summed E-state index contributed by atoms with van der Waals surface area (Å²) in [5.74, 6) is -0.655. The van der Waals surface area contributed by atoms with E-state index in [2.05, 4.69) is 10.3 Å². The highest BCUT2D eigenvalue weighted by atomic mass is 19.1. The molecule has 1 unspecified atom stereocenters. The maximum Gasteiger partial charge on any atom is 0.241 e. The van der Waals surface area contributed by atoms with Gasteiger partial charge in [0.1, 0.15) is 5.82 Å². The Morgan fingerprint density at radius 3 is 2.95 bits per heavy atom. The predicted molar refractivity (Wildman–Crippen MR) is 77.8 cm³/mol. The Kier molecular flexibility index (Phi) is 4.29. The van der Waals surface area contributed by atoms with Crippen LogP contribution in [0.15, 0.2) is 30.6 Å². The number of fused-ring (bicyclic) bond motifs is 1. The third-order valence-electron chi connectivity index (χ3n) is 3.54. The highest BCUT2D eigenvalue weighted by Gasteiger charge is 2.20. The number of pyridine rings is 1. The molecule has 0 aliphatic heterocycles. The molecular weight excluding hydrogens is 257 g/mol. The van der Waals surface area contributed by atoms with Crippen LogP contribution >= 0.6 is 0 Å². The number of amides is 1. The Labute approximate surface area is 117 Å². The lowest BCUT2D eigenvalue weighted by Crippen LogP contribution is -2.40. The SMILES string of the molecule is CCC(C)[C@H](N)C(=O)Nc1cc(F)cc2cnccc12. The van der Waals surface area contributed by atoms with E-state index in [1.54, 1.807) is 18.5 Å². The molecule has 3 N–H and O–H groups in total. The Balaban J connectivity index is 2.32. The van der Waals surface area contributed by atoms with Crippen molar-refractivity contribution < 1.29 is 9.18 Å². The first kappa shape index (κ1) is 14.4. The number of benzene rings is 1. The highest BCUT2D eigenvalue weighted by Crippen LogP contribution is 2.24. The molecule has 0 spiro atoms. The zero-order valence-corrected chi connectivity index (χ0v) is 11.6. The van der Waals surface area contributed by atoms with E-state index in [4.69, 9.17) is 5.73 Å². The lowest BCUT2D eigenvalue weighted by Gasteiger charge is -2.18. The third kappa shape index (κ3) is 2.93. The van der Waals surface area contributed by atoms with Gasteiger partial charge in [-0.15, -0.1) is 0 Å². The number of aromatic nitrogens is 1. The van der Waals surface area contributed by atoms with Crippen molar-refractivity contribution in [2.45, 2.75) is 26.3 Å². The van der Waals surface area contributed by atoms with Gasteiger partial charge in [0.15, 0.2) is 0 Å². The van der Waals surface area contributed by atoms with Crippen LogP contribution < -0.4 is 11.1 Å². The molecule has 0 aliphatic rings. The second-order valence-corrected chi connectivity index (χ2v) is 4.95. The van der Waals surface area contributed by atoms with Gasteiger partial charge in [0.25, 0.3) is 0 Å². The Morgan fingerprint density at radius 1 is 1.50 bits per heavy atom. The van der Waals surface area contributed by atoms with Gasteiger partial charge >= 0.3 is 0 Å². The van der Waals surface area contributed by atoms with Crippen molar-refractivity contribution in [2.24, 2.45) is 11.7 Å². The molecule has 1 aromatic carbocycles. The summed E-state index contributed by atoms with van der Waals surface area (Å²) in [5.41, 5.74) is 6.31. The van der Waals surface area contributed by atoms with Crippen molar-refractivity contribution in [2.75, 3.05) is 5.32 Å². The van der Waals surface area contributed by atoms with Gasteiger partial charge in [0, 0.05) is 23.2 Å². The van der Waals surface area contributed by atoms with Crippen LogP contribution in [-0.4, -0.2) is 16.9 Å². The van der Waals surface area contributed by atoms with Crippen LogP contribution in [0.4, 0.5) is 10.1 Å². The summed E-state index contributed by atoms with van der Waals surface area (Å²) in [4.78, 5) is 16.0. The lowest BCUT2D eigenvalue weighted by molar-refractivity contribution is -0.118. The van der Waals surface area contributed by atoms with E-state index in [1.165, 1.54) is 12.1 Å². The van der Waals surface area contributed by atoms with Gasteiger partial charge in [0.2, 0.25) is 5.91 Å². The first-order valence-electron chi connectivity index (χ1n) is 6.62. The molecule has 5 heteroatoms. The largest absolute Gasteiger partial charge is 0.324 e. The quantitative estimate of drug-likeness (QED) is 0.901. The number of halogens is 1. The number of carbonyl (C=O) groups excluding carboxylic acids is 1. The molecule has 0 fully saturated rings. The zero-order chi connectivity index (χ0) is 14.7. The van der Waals surface area contributed by atoms with Crippen molar-refractivity contribution in [1.29, 1.82) is 0 Å². The van der Waals surface area contributed by atoms with E-state index >= 15 is 0 Å². The predicted octanol–water partition coefficient (Wildman–Crippen LogP) is 2.69. The minimum Gasteiger partial charge on any atom is -0.324 e. The number of nitrogens with two attached hydrogens (primary N) is 1. The molecule has 1 aromatic heterocycles. The van der Waals surface area contributed by atoms with Crippen LogP contribution in [0, 0.1) is 11.7 Å². The first-order valence-corrected chi connectivity index (χ1v) is 6.62. The Bertz CT molecular complexity index is 630. The van der Waals surface area contributed by atoms with Crippen molar-refractivity contribution in [3.05, 3.63) is 36.4 Å². The number of nitrogens with one attached hydrogen (secondary N) is 1. The molecule has 2 atom stereocenters. The van der Waals surface area contributed by atoms with Gasteiger partial charge in [-0.2, -0.15) is 0 Å². The van der Waals surface area contributed by atoms with Gasteiger partial charge in [-0.3, -0.25) is 9.78 Å². The van der Waals surface area contributed by atoms with Crippen molar-refractivity contribution in [1.82, 2.24) is 4.98 Å². The van der Waals surface area contributed by atoms with Crippen LogP contribution in [0.5, 0.6) is 0 Å². The minimum absolute atomic E-state index is 0.0662. The lowest BCUT2D eigenvalue weighted by atomic mass is 9.99. The van der Waals surface area contributed by atoms with Crippen LogP contribution in [0.1, 0.15) is 20.3 Å². The second-order valence-electron chi connectivity index (χ2n) is 4.95. The molecule has 2 aromatic rings. The Hall–Kier alpha value is -2.01. The maximum atomic E-state index is 13.6. The van der Waals surface area contributed by atoms with Gasteiger partial charge in [-0.1, -0.05) is 20.3 Å². The van der Waals surface area contributed by atoms with Crippen LogP contribution in [0.25, 0.3) is 10.8 Å². The molecule has 0 radical (unpaired) electrons. The van der Waals surface area contributed by atoms with E-state index in [1.807, 2.05) is 13.8 Å².